The van der Waals surface area contributed by atoms with E-state index in [-0.39, 0.29) is 5.69 Å². The topological polar surface area (TPSA) is 59.4 Å². The summed E-state index contributed by atoms with van der Waals surface area (Å²) in [5.41, 5.74) is 0.0240. The third kappa shape index (κ3) is 1.98. The summed E-state index contributed by atoms with van der Waals surface area (Å²) in [5, 5.41) is 8.74. The van der Waals surface area contributed by atoms with Crippen molar-refractivity contribution in [3.63, 3.8) is 0 Å². The molecule has 13 heavy (non-hydrogen) atoms. The second-order valence-corrected chi connectivity index (χ2v) is 3.40. The summed E-state index contributed by atoms with van der Waals surface area (Å²) in [6.07, 6.45) is 1.77. The van der Waals surface area contributed by atoms with Gasteiger partial charge in [-0.2, -0.15) is 4.37 Å². The van der Waals surface area contributed by atoms with Crippen LogP contribution in [0.2, 0.25) is 0 Å². The highest BCUT2D eigenvalue weighted by molar-refractivity contribution is 7.06. The summed E-state index contributed by atoms with van der Waals surface area (Å²) in [6, 6.07) is 0. The Labute approximate surface area is 80.3 Å². The van der Waals surface area contributed by atoms with Crippen LogP contribution in [0.15, 0.2) is 0 Å². The molecule has 5 heteroatoms. The van der Waals surface area contributed by atoms with Gasteiger partial charge in [0.2, 0.25) is 5.69 Å². The molecule has 0 radical (unpaired) electrons. The molecule has 0 unspecified atom stereocenters. The molecule has 0 atom stereocenters. The summed E-state index contributed by atoms with van der Waals surface area (Å²) in [6.45, 7) is 2.03. The monoisotopic (exact) mass is 201 g/mol. The molecule has 72 valence electrons. The molecule has 0 fully saturated rings. The number of aromatic carboxylic acids is 1. The highest BCUT2D eigenvalue weighted by Crippen LogP contribution is 2.28. The Hall–Kier alpha value is -1.10. The Bertz CT molecular complexity index is 308. The number of rotatable bonds is 4. The number of carboxylic acids is 1. The van der Waals surface area contributed by atoms with E-state index in [2.05, 4.69) is 4.37 Å². The van der Waals surface area contributed by atoms with Crippen molar-refractivity contribution in [2.45, 2.75) is 19.8 Å². The van der Waals surface area contributed by atoms with Gasteiger partial charge in [-0.05, 0) is 18.0 Å². The van der Waals surface area contributed by atoms with E-state index in [1.54, 1.807) is 0 Å². The van der Waals surface area contributed by atoms with Crippen molar-refractivity contribution >= 4 is 17.5 Å². The average molecular weight is 201 g/mol. The Morgan fingerprint density at radius 1 is 1.69 bits per heavy atom. The first-order valence-corrected chi connectivity index (χ1v) is 4.73. The van der Waals surface area contributed by atoms with Gasteiger partial charge in [-0.3, -0.25) is 0 Å². The molecule has 1 aromatic heterocycles. The first-order valence-electron chi connectivity index (χ1n) is 3.96. The van der Waals surface area contributed by atoms with Crippen molar-refractivity contribution in [2.75, 3.05) is 7.11 Å². The van der Waals surface area contributed by atoms with Crippen LogP contribution >= 0.6 is 11.5 Å². The van der Waals surface area contributed by atoms with Gasteiger partial charge in [0.05, 0.1) is 12.0 Å². The van der Waals surface area contributed by atoms with Crippen LogP contribution in [-0.4, -0.2) is 22.6 Å². The Morgan fingerprint density at radius 3 is 2.85 bits per heavy atom. The van der Waals surface area contributed by atoms with Crippen LogP contribution in [0.25, 0.3) is 0 Å². The predicted molar refractivity (Wildman–Crippen MR) is 49.6 cm³/mol. The molecule has 1 aromatic rings. The number of carbonyl (C=O) groups is 1. The number of hydrogen-bond acceptors (Lipinski definition) is 4. The minimum atomic E-state index is -1.03. The molecular formula is C8H11NO3S. The molecule has 1 N–H and O–H groups in total. The zero-order valence-electron chi connectivity index (χ0n) is 7.53. The fraction of sp³-hybridized carbons (Fsp3) is 0.500. The molecule has 1 heterocycles. The summed E-state index contributed by atoms with van der Waals surface area (Å²) in [7, 11) is 1.47. The third-order valence-corrected chi connectivity index (χ3v) is 2.48. The minimum Gasteiger partial charge on any atom is -0.493 e. The lowest BCUT2D eigenvalue weighted by atomic mass is 10.2. The lowest BCUT2D eigenvalue weighted by molar-refractivity contribution is 0.0688. The molecule has 0 aromatic carbocycles. The van der Waals surface area contributed by atoms with Crippen LogP contribution < -0.4 is 4.74 Å². The Balaban J connectivity index is 3.03. The van der Waals surface area contributed by atoms with Gasteiger partial charge in [-0.1, -0.05) is 13.3 Å². The van der Waals surface area contributed by atoms with Crippen LogP contribution in [0.3, 0.4) is 0 Å². The number of ether oxygens (including phenoxy) is 1. The molecule has 0 bridgehead atoms. The minimum absolute atomic E-state index is 0.0240. The molecule has 4 nitrogen and oxygen atoms in total. The lowest BCUT2D eigenvalue weighted by Crippen LogP contribution is -2.00. The molecule has 0 aliphatic rings. The molecule has 0 aliphatic heterocycles. The number of methoxy groups -OCH3 is 1. The third-order valence-electron chi connectivity index (χ3n) is 1.60. The normalized spacial score (nSPS) is 10.0. The van der Waals surface area contributed by atoms with Crippen molar-refractivity contribution in [2.24, 2.45) is 0 Å². The van der Waals surface area contributed by atoms with Gasteiger partial charge in [-0.15, -0.1) is 0 Å². The SMILES string of the molecule is CCCc1snc(C(=O)O)c1OC. The number of carboxylic acid groups (broad SMARTS) is 1. The van der Waals surface area contributed by atoms with Gasteiger partial charge < -0.3 is 9.84 Å². The maximum Gasteiger partial charge on any atom is 0.359 e. The van der Waals surface area contributed by atoms with Gasteiger partial charge in [0.1, 0.15) is 0 Å². The van der Waals surface area contributed by atoms with Gasteiger partial charge in [0.15, 0.2) is 5.75 Å². The number of aromatic nitrogens is 1. The van der Waals surface area contributed by atoms with E-state index in [0.29, 0.717) is 5.75 Å². The summed E-state index contributed by atoms with van der Waals surface area (Å²) >= 11 is 1.20. The van der Waals surface area contributed by atoms with Gasteiger partial charge in [-0.25, -0.2) is 4.79 Å². The molecular weight excluding hydrogens is 190 g/mol. The number of hydrogen-bond donors (Lipinski definition) is 1. The van der Waals surface area contributed by atoms with Crippen LogP contribution in [0.5, 0.6) is 5.75 Å². The molecule has 0 amide bonds. The largest absolute Gasteiger partial charge is 0.493 e. The molecule has 1 rings (SSSR count). The molecule has 0 aliphatic carbocycles. The van der Waals surface area contributed by atoms with E-state index >= 15 is 0 Å². The fourth-order valence-corrected chi connectivity index (χ4v) is 1.97. The highest BCUT2D eigenvalue weighted by Gasteiger charge is 2.19. The smallest absolute Gasteiger partial charge is 0.359 e. The van der Waals surface area contributed by atoms with Crippen LogP contribution in [0.4, 0.5) is 0 Å². The van der Waals surface area contributed by atoms with Gasteiger partial charge in [0.25, 0.3) is 0 Å². The number of aryl methyl sites for hydroxylation is 1. The first-order chi connectivity index (χ1) is 6.20. The predicted octanol–water partition coefficient (Wildman–Crippen LogP) is 1.80. The van der Waals surface area contributed by atoms with Gasteiger partial charge in [0, 0.05) is 0 Å². The van der Waals surface area contributed by atoms with Crippen molar-refractivity contribution < 1.29 is 14.6 Å². The zero-order chi connectivity index (χ0) is 9.84. The highest BCUT2D eigenvalue weighted by atomic mass is 32.1. The molecule has 0 spiro atoms. The van der Waals surface area contributed by atoms with E-state index in [0.717, 1.165) is 17.7 Å². The van der Waals surface area contributed by atoms with Crippen molar-refractivity contribution in [1.82, 2.24) is 4.37 Å². The maximum atomic E-state index is 10.7. The second kappa shape index (κ2) is 4.23. The van der Waals surface area contributed by atoms with Crippen molar-refractivity contribution in [3.05, 3.63) is 10.6 Å². The van der Waals surface area contributed by atoms with Crippen molar-refractivity contribution in [3.8, 4) is 5.75 Å². The van der Waals surface area contributed by atoms with E-state index in [1.807, 2.05) is 6.92 Å². The Kier molecular flexibility index (Phi) is 3.25. The summed E-state index contributed by atoms with van der Waals surface area (Å²) in [4.78, 5) is 11.6. The molecule has 0 saturated heterocycles. The van der Waals surface area contributed by atoms with Crippen LogP contribution in [-0.2, 0) is 6.42 Å². The summed E-state index contributed by atoms with van der Waals surface area (Å²) < 4.78 is 8.82. The molecule has 0 saturated carbocycles. The zero-order valence-corrected chi connectivity index (χ0v) is 8.35. The second-order valence-electron chi connectivity index (χ2n) is 2.54. The fourth-order valence-electron chi connectivity index (χ4n) is 1.05. The van der Waals surface area contributed by atoms with E-state index in [9.17, 15) is 4.79 Å². The lowest BCUT2D eigenvalue weighted by Gasteiger charge is -1.99. The Morgan fingerprint density at radius 2 is 2.38 bits per heavy atom. The van der Waals surface area contributed by atoms with Crippen LogP contribution in [0, 0.1) is 0 Å². The standard InChI is InChI=1S/C8H11NO3S/c1-3-4-5-7(12-2)6(8(10)11)9-13-5/h3-4H2,1-2H3,(H,10,11). The van der Waals surface area contributed by atoms with Gasteiger partial charge >= 0.3 is 5.97 Å². The average Bonchev–Trinajstić information content (AvgIpc) is 2.48. The quantitative estimate of drug-likeness (QED) is 0.807. The van der Waals surface area contributed by atoms with E-state index in [4.69, 9.17) is 9.84 Å². The number of nitrogens with zero attached hydrogens (tertiary/aromatic N) is 1. The summed E-state index contributed by atoms with van der Waals surface area (Å²) in [5.74, 6) is -0.616. The van der Waals surface area contributed by atoms with E-state index < -0.39 is 5.97 Å². The van der Waals surface area contributed by atoms with Crippen molar-refractivity contribution in [1.29, 1.82) is 0 Å². The maximum absolute atomic E-state index is 10.7. The first kappa shape index (κ1) is 9.98. The van der Waals surface area contributed by atoms with E-state index in [1.165, 1.54) is 18.6 Å². The van der Waals surface area contributed by atoms with Crippen LogP contribution in [0.1, 0.15) is 28.7 Å².